The molecule has 1 aromatic heterocycles. The zero-order chi connectivity index (χ0) is 12.3. The lowest BCUT2D eigenvalue weighted by Gasteiger charge is -2.29. The third-order valence-electron chi connectivity index (χ3n) is 1.65. The predicted octanol–water partition coefficient (Wildman–Crippen LogP) is 2.32. The molecule has 90 valence electrons. The zero-order valence-electron chi connectivity index (χ0n) is 9.67. The molecule has 0 aliphatic rings. The smallest absolute Gasteiger partial charge is 0.229 e. The molecule has 5 nitrogen and oxygen atoms in total. The monoisotopic (exact) mass is 263 g/mol. The van der Waals surface area contributed by atoms with E-state index in [-0.39, 0.29) is 16.2 Å². The molecule has 0 saturated carbocycles. The normalized spacial score (nSPS) is 11.9. The average molecular weight is 264 g/mol. The molecule has 0 bridgehead atoms. The van der Waals surface area contributed by atoms with E-state index in [2.05, 4.69) is 39.4 Å². The van der Waals surface area contributed by atoms with Crippen molar-refractivity contribution >= 4 is 29.2 Å². The third kappa shape index (κ3) is 4.47. The first-order valence-corrected chi connectivity index (χ1v) is 5.67. The van der Waals surface area contributed by atoms with E-state index < -0.39 is 0 Å². The number of hydrogen-bond acceptors (Lipinski definition) is 5. The van der Waals surface area contributed by atoms with Crippen LogP contribution in [0.15, 0.2) is 0 Å². The quantitative estimate of drug-likeness (QED) is 0.817. The van der Waals surface area contributed by atoms with E-state index in [0.29, 0.717) is 12.0 Å². The highest BCUT2D eigenvalue weighted by molar-refractivity contribution is 6.31. The van der Waals surface area contributed by atoms with Crippen LogP contribution in [0.2, 0.25) is 10.6 Å². The Labute approximate surface area is 105 Å². The molecule has 2 N–H and O–H groups in total. The Morgan fingerprint density at radius 3 is 2.00 bits per heavy atom. The predicted molar refractivity (Wildman–Crippen MR) is 65.8 cm³/mol. The maximum atomic E-state index is 5.68. The van der Waals surface area contributed by atoms with Crippen LogP contribution in [0.25, 0.3) is 0 Å². The van der Waals surface area contributed by atoms with E-state index in [1.165, 1.54) is 0 Å². The number of rotatable bonds is 4. The van der Waals surface area contributed by atoms with E-state index >= 15 is 0 Å². The van der Waals surface area contributed by atoms with Gasteiger partial charge in [-0.25, -0.2) is 0 Å². The van der Waals surface area contributed by atoms with Crippen molar-refractivity contribution in [1.29, 1.82) is 0 Å². The zero-order valence-corrected chi connectivity index (χ0v) is 11.2. The number of nitrogens with one attached hydrogen (secondary N) is 2. The van der Waals surface area contributed by atoms with Crippen molar-refractivity contribution in [3.05, 3.63) is 10.6 Å². The van der Waals surface area contributed by atoms with Gasteiger partial charge in [0.15, 0.2) is 0 Å². The van der Waals surface area contributed by atoms with Gasteiger partial charge in [-0.1, -0.05) is 0 Å². The number of anilines is 1. The first-order chi connectivity index (χ1) is 7.28. The molecule has 0 aliphatic heterocycles. The summed E-state index contributed by atoms with van der Waals surface area (Å²) in [4.78, 5) is 11.5. The number of halogens is 2. The summed E-state index contributed by atoms with van der Waals surface area (Å²) in [5.41, 5.74) is -0.359. The minimum atomic E-state index is -0.359. The summed E-state index contributed by atoms with van der Waals surface area (Å²) in [6, 6.07) is 0.329. The number of hydrogen-bond donors (Lipinski definition) is 2. The van der Waals surface area contributed by atoms with Crippen molar-refractivity contribution in [3.63, 3.8) is 0 Å². The molecule has 1 aromatic rings. The average Bonchev–Trinajstić information content (AvgIpc) is 1.95. The highest BCUT2D eigenvalue weighted by atomic mass is 35.5. The SMILES string of the molecule is CC(C)NC(C)(C)Nc1nc(Cl)nc(Cl)n1. The highest BCUT2D eigenvalue weighted by Crippen LogP contribution is 2.13. The Kier molecular flexibility index (Phi) is 4.29. The lowest BCUT2D eigenvalue weighted by Crippen LogP contribution is -2.50. The molecule has 0 fully saturated rings. The van der Waals surface area contributed by atoms with Gasteiger partial charge < -0.3 is 5.32 Å². The van der Waals surface area contributed by atoms with E-state index in [4.69, 9.17) is 23.2 Å². The van der Waals surface area contributed by atoms with E-state index in [0.717, 1.165) is 0 Å². The first kappa shape index (κ1) is 13.4. The molecular formula is C9H15Cl2N5. The lowest BCUT2D eigenvalue weighted by molar-refractivity contribution is 0.395. The van der Waals surface area contributed by atoms with Crippen molar-refractivity contribution in [1.82, 2.24) is 20.3 Å². The summed E-state index contributed by atoms with van der Waals surface area (Å²) in [5.74, 6) is 0.350. The van der Waals surface area contributed by atoms with Crippen LogP contribution in [0.1, 0.15) is 27.7 Å². The van der Waals surface area contributed by atoms with Crippen molar-refractivity contribution in [3.8, 4) is 0 Å². The minimum absolute atomic E-state index is 0.0721. The Hall–Kier alpha value is -0.650. The van der Waals surface area contributed by atoms with Gasteiger partial charge in [-0.15, -0.1) is 0 Å². The number of nitrogens with zero attached hydrogens (tertiary/aromatic N) is 3. The highest BCUT2D eigenvalue weighted by Gasteiger charge is 2.19. The second-order valence-electron chi connectivity index (χ2n) is 4.25. The van der Waals surface area contributed by atoms with Crippen LogP contribution in [-0.2, 0) is 0 Å². The lowest BCUT2D eigenvalue weighted by atomic mass is 10.2. The molecule has 0 unspecified atom stereocenters. The molecule has 0 saturated heterocycles. The van der Waals surface area contributed by atoms with Gasteiger partial charge in [-0.05, 0) is 50.9 Å². The molecule has 16 heavy (non-hydrogen) atoms. The molecule has 0 spiro atoms. The maximum Gasteiger partial charge on any atom is 0.229 e. The van der Waals surface area contributed by atoms with Crippen LogP contribution in [0.5, 0.6) is 0 Å². The van der Waals surface area contributed by atoms with Crippen LogP contribution in [0.3, 0.4) is 0 Å². The molecule has 0 aliphatic carbocycles. The van der Waals surface area contributed by atoms with Crippen LogP contribution in [0.4, 0.5) is 5.95 Å². The molecular weight excluding hydrogens is 249 g/mol. The Morgan fingerprint density at radius 1 is 1.06 bits per heavy atom. The Balaban J connectivity index is 2.79. The summed E-state index contributed by atoms with van der Waals surface area (Å²) >= 11 is 11.4. The summed E-state index contributed by atoms with van der Waals surface area (Å²) in [6.07, 6.45) is 0. The molecule has 7 heteroatoms. The van der Waals surface area contributed by atoms with Crippen LogP contribution in [-0.4, -0.2) is 26.7 Å². The summed E-state index contributed by atoms with van der Waals surface area (Å²) < 4.78 is 0. The Bertz CT molecular complexity index is 347. The second kappa shape index (κ2) is 5.12. The van der Waals surface area contributed by atoms with Gasteiger partial charge in [0.1, 0.15) is 0 Å². The third-order valence-corrected chi connectivity index (χ3v) is 1.99. The maximum absolute atomic E-state index is 5.68. The van der Waals surface area contributed by atoms with Gasteiger partial charge >= 0.3 is 0 Å². The molecule has 1 rings (SSSR count). The largest absolute Gasteiger partial charge is 0.337 e. The second-order valence-corrected chi connectivity index (χ2v) is 4.92. The van der Waals surface area contributed by atoms with E-state index in [1.807, 2.05) is 13.8 Å². The fourth-order valence-electron chi connectivity index (χ4n) is 1.42. The van der Waals surface area contributed by atoms with E-state index in [9.17, 15) is 0 Å². The van der Waals surface area contributed by atoms with Gasteiger partial charge in [-0.3, -0.25) is 5.32 Å². The summed E-state index contributed by atoms with van der Waals surface area (Å²) in [6.45, 7) is 8.05. The van der Waals surface area contributed by atoms with Gasteiger partial charge in [-0.2, -0.15) is 15.0 Å². The fraction of sp³-hybridized carbons (Fsp3) is 0.667. The van der Waals surface area contributed by atoms with Gasteiger partial charge in [0, 0.05) is 6.04 Å². The fourth-order valence-corrected chi connectivity index (χ4v) is 1.78. The summed E-state index contributed by atoms with van der Waals surface area (Å²) in [7, 11) is 0. The molecule has 1 heterocycles. The standard InChI is InChI=1S/C9H15Cl2N5/c1-5(2)15-9(3,4)16-8-13-6(10)12-7(11)14-8/h5,15H,1-4H3,(H,12,13,14,16). The van der Waals surface area contributed by atoms with Gasteiger partial charge in [0.25, 0.3) is 0 Å². The topological polar surface area (TPSA) is 62.7 Å². The van der Waals surface area contributed by atoms with E-state index in [1.54, 1.807) is 0 Å². The van der Waals surface area contributed by atoms with Gasteiger partial charge in [0.2, 0.25) is 16.5 Å². The van der Waals surface area contributed by atoms with Crippen molar-refractivity contribution in [2.45, 2.75) is 39.4 Å². The van der Waals surface area contributed by atoms with Crippen molar-refractivity contribution < 1.29 is 0 Å². The van der Waals surface area contributed by atoms with Crippen LogP contribution >= 0.6 is 23.2 Å². The molecule has 0 radical (unpaired) electrons. The minimum Gasteiger partial charge on any atom is -0.337 e. The summed E-state index contributed by atoms with van der Waals surface area (Å²) in [5, 5.41) is 6.54. The molecule has 0 aromatic carbocycles. The van der Waals surface area contributed by atoms with Crippen LogP contribution in [0, 0.1) is 0 Å². The molecule has 0 atom stereocenters. The van der Waals surface area contributed by atoms with Crippen molar-refractivity contribution in [2.24, 2.45) is 0 Å². The van der Waals surface area contributed by atoms with Crippen molar-refractivity contribution in [2.75, 3.05) is 5.32 Å². The van der Waals surface area contributed by atoms with Gasteiger partial charge in [0.05, 0.1) is 5.66 Å². The molecule has 0 amide bonds. The van der Waals surface area contributed by atoms with Crippen LogP contribution < -0.4 is 10.6 Å². The first-order valence-electron chi connectivity index (χ1n) is 4.91. The Morgan fingerprint density at radius 2 is 1.56 bits per heavy atom. The number of aromatic nitrogens is 3.